The second-order valence-corrected chi connectivity index (χ2v) is 7.65. The van der Waals surface area contributed by atoms with Crippen LogP contribution in [0.2, 0.25) is 0 Å². The summed E-state index contributed by atoms with van der Waals surface area (Å²) in [5, 5.41) is 4.74. The van der Waals surface area contributed by atoms with Crippen LogP contribution in [0.5, 0.6) is 0 Å². The van der Waals surface area contributed by atoms with Gasteiger partial charge in [-0.15, -0.1) is 0 Å². The summed E-state index contributed by atoms with van der Waals surface area (Å²) in [5.41, 5.74) is 5.59. The Morgan fingerprint density at radius 1 is 0.935 bits per heavy atom. The van der Waals surface area contributed by atoms with Crippen molar-refractivity contribution >= 4 is 5.91 Å². The van der Waals surface area contributed by atoms with Gasteiger partial charge in [0.05, 0.1) is 12.1 Å². The van der Waals surface area contributed by atoms with Crippen LogP contribution in [0.3, 0.4) is 0 Å². The molecule has 5 heteroatoms. The number of carbonyl (C=O) groups excluding carboxylic acids is 1. The minimum atomic E-state index is -0.0577. The fraction of sp³-hybridized carbons (Fsp3) is 0.192. The van der Waals surface area contributed by atoms with Gasteiger partial charge < -0.3 is 4.90 Å². The van der Waals surface area contributed by atoms with Crippen LogP contribution in [0.1, 0.15) is 34.0 Å². The number of carbonyl (C=O) groups is 1. The zero-order valence-electron chi connectivity index (χ0n) is 17.9. The Balaban J connectivity index is 1.62. The van der Waals surface area contributed by atoms with E-state index < -0.39 is 0 Å². The lowest BCUT2D eigenvalue weighted by molar-refractivity contribution is 0.0785. The van der Waals surface area contributed by atoms with Gasteiger partial charge in [0.25, 0.3) is 5.91 Å². The average molecular weight is 411 g/mol. The molecular formula is C26H26N4O. The molecule has 0 N–H and O–H groups in total. The highest BCUT2D eigenvalue weighted by atomic mass is 16.2. The summed E-state index contributed by atoms with van der Waals surface area (Å²) in [6, 6.07) is 22.3. The van der Waals surface area contributed by atoms with Crippen molar-refractivity contribution in [2.24, 2.45) is 0 Å². The van der Waals surface area contributed by atoms with E-state index in [1.807, 2.05) is 48.3 Å². The lowest BCUT2D eigenvalue weighted by Gasteiger charge is -2.17. The Morgan fingerprint density at radius 2 is 1.68 bits per heavy atom. The van der Waals surface area contributed by atoms with Gasteiger partial charge in [-0.3, -0.25) is 14.5 Å². The number of nitrogens with zero attached hydrogens (tertiary/aromatic N) is 4. The summed E-state index contributed by atoms with van der Waals surface area (Å²) in [6.45, 7) is 3.28. The summed E-state index contributed by atoms with van der Waals surface area (Å²) in [5.74, 6) is -0.0577. The molecule has 0 saturated heterocycles. The van der Waals surface area contributed by atoms with E-state index in [4.69, 9.17) is 5.10 Å². The molecule has 0 saturated carbocycles. The van der Waals surface area contributed by atoms with Gasteiger partial charge in [0.15, 0.2) is 0 Å². The third-order valence-electron chi connectivity index (χ3n) is 5.31. The summed E-state index contributed by atoms with van der Waals surface area (Å²) in [7, 11) is 1.83. The predicted molar refractivity (Wildman–Crippen MR) is 123 cm³/mol. The maximum Gasteiger partial charge on any atom is 0.257 e. The average Bonchev–Trinajstić information content (AvgIpc) is 3.24. The highest BCUT2D eigenvalue weighted by molar-refractivity contribution is 5.99. The smallest absolute Gasteiger partial charge is 0.257 e. The first-order valence-corrected chi connectivity index (χ1v) is 10.5. The molecule has 2 heterocycles. The van der Waals surface area contributed by atoms with Crippen LogP contribution in [0, 0.1) is 0 Å². The normalized spacial score (nSPS) is 10.8. The van der Waals surface area contributed by atoms with Gasteiger partial charge in [-0.25, -0.2) is 0 Å². The van der Waals surface area contributed by atoms with Crippen LogP contribution >= 0.6 is 0 Å². The van der Waals surface area contributed by atoms with Crippen LogP contribution < -0.4 is 0 Å². The number of rotatable bonds is 7. The molecule has 0 spiro atoms. The maximum atomic E-state index is 13.4. The lowest BCUT2D eigenvalue weighted by atomic mass is 10.1. The highest BCUT2D eigenvalue weighted by Gasteiger charge is 2.21. The van der Waals surface area contributed by atoms with Gasteiger partial charge >= 0.3 is 0 Å². The van der Waals surface area contributed by atoms with E-state index in [1.54, 1.807) is 17.3 Å². The van der Waals surface area contributed by atoms with Gasteiger partial charge in [0, 0.05) is 37.7 Å². The van der Waals surface area contributed by atoms with Crippen LogP contribution in [0.4, 0.5) is 0 Å². The van der Waals surface area contributed by atoms with Crippen molar-refractivity contribution in [2.75, 3.05) is 7.05 Å². The molecule has 2 aromatic heterocycles. The summed E-state index contributed by atoms with van der Waals surface area (Å²) in [4.78, 5) is 19.3. The van der Waals surface area contributed by atoms with Crippen molar-refractivity contribution in [1.82, 2.24) is 19.7 Å². The first kappa shape index (κ1) is 20.5. The predicted octanol–water partition coefficient (Wildman–Crippen LogP) is 4.83. The fourth-order valence-corrected chi connectivity index (χ4v) is 3.58. The highest BCUT2D eigenvalue weighted by Crippen LogP contribution is 2.23. The third kappa shape index (κ3) is 4.89. The molecule has 0 unspecified atom stereocenters. The van der Waals surface area contributed by atoms with E-state index in [9.17, 15) is 4.79 Å². The van der Waals surface area contributed by atoms with E-state index in [1.165, 1.54) is 5.56 Å². The van der Waals surface area contributed by atoms with Gasteiger partial charge in [-0.2, -0.15) is 5.10 Å². The number of benzene rings is 2. The zero-order chi connectivity index (χ0) is 21.6. The minimum absolute atomic E-state index is 0.0577. The van der Waals surface area contributed by atoms with E-state index in [0.29, 0.717) is 24.3 Å². The van der Waals surface area contributed by atoms with E-state index in [2.05, 4.69) is 48.3 Å². The molecule has 0 radical (unpaired) electrons. The third-order valence-corrected chi connectivity index (χ3v) is 5.31. The number of aromatic nitrogens is 3. The topological polar surface area (TPSA) is 51.0 Å². The van der Waals surface area contributed by atoms with Crippen molar-refractivity contribution in [3.05, 3.63) is 108 Å². The molecule has 0 aliphatic carbocycles. The van der Waals surface area contributed by atoms with Crippen molar-refractivity contribution in [1.29, 1.82) is 0 Å². The minimum Gasteiger partial charge on any atom is -0.337 e. The van der Waals surface area contributed by atoms with Gasteiger partial charge in [0.2, 0.25) is 0 Å². The van der Waals surface area contributed by atoms with Crippen LogP contribution in [0.15, 0.2) is 85.3 Å². The molecule has 156 valence electrons. The van der Waals surface area contributed by atoms with Crippen molar-refractivity contribution < 1.29 is 4.79 Å². The van der Waals surface area contributed by atoms with Crippen LogP contribution in [-0.2, 0) is 19.5 Å². The second kappa shape index (κ2) is 9.39. The Hall–Kier alpha value is -3.73. The largest absolute Gasteiger partial charge is 0.337 e. The molecular weight excluding hydrogens is 384 g/mol. The number of pyridine rings is 1. The number of hydrogen-bond donors (Lipinski definition) is 0. The monoisotopic (exact) mass is 410 g/mol. The Kier molecular flexibility index (Phi) is 6.22. The molecule has 1 amide bonds. The molecule has 5 nitrogen and oxygen atoms in total. The molecule has 2 aromatic carbocycles. The second-order valence-electron chi connectivity index (χ2n) is 7.65. The standard InChI is InChI=1S/C26H26N4O/c1-3-20-11-13-22(14-12-20)17-29(2)26(31)24-19-30(18-21-8-5-4-6-9-21)28-25(24)23-10-7-15-27-16-23/h4-16,19H,3,17-18H2,1-2H3. The van der Waals surface area contributed by atoms with Gasteiger partial charge in [0.1, 0.15) is 5.69 Å². The zero-order valence-corrected chi connectivity index (χ0v) is 17.9. The lowest BCUT2D eigenvalue weighted by Crippen LogP contribution is -2.26. The first-order chi connectivity index (χ1) is 15.1. The molecule has 0 aliphatic rings. The molecule has 0 atom stereocenters. The SMILES string of the molecule is CCc1ccc(CN(C)C(=O)c2cn(Cc3ccccc3)nc2-c2cccnc2)cc1. The molecule has 4 aromatic rings. The first-order valence-electron chi connectivity index (χ1n) is 10.5. The number of amides is 1. The van der Waals surface area contributed by atoms with E-state index >= 15 is 0 Å². The van der Waals surface area contributed by atoms with E-state index in [-0.39, 0.29) is 5.91 Å². The van der Waals surface area contributed by atoms with Crippen LogP contribution in [-0.4, -0.2) is 32.6 Å². The number of aryl methyl sites for hydroxylation is 1. The van der Waals surface area contributed by atoms with Gasteiger partial charge in [-0.1, -0.05) is 61.5 Å². The van der Waals surface area contributed by atoms with Crippen molar-refractivity contribution in [3.8, 4) is 11.3 Å². The molecule has 31 heavy (non-hydrogen) atoms. The van der Waals surface area contributed by atoms with Crippen molar-refractivity contribution in [2.45, 2.75) is 26.4 Å². The molecule has 0 fully saturated rings. The molecule has 0 bridgehead atoms. The summed E-state index contributed by atoms with van der Waals surface area (Å²) < 4.78 is 1.83. The quantitative estimate of drug-likeness (QED) is 0.439. The van der Waals surface area contributed by atoms with E-state index in [0.717, 1.165) is 23.1 Å². The Morgan fingerprint density at radius 3 is 2.35 bits per heavy atom. The van der Waals surface area contributed by atoms with Gasteiger partial charge in [-0.05, 0) is 35.2 Å². The van der Waals surface area contributed by atoms with Crippen molar-refractivity contribution in [3.63, 3.8) is 0 Å². The summed E-state index contributed by atoms with van der Waals surface area (Å²) >= 11 is 0. The number of hydrogen-bond acceptors (Lipinski definition) is 3. The molecule has 4 rings (SSSR count). The van der Waals surface area contributed by atoms with Crippen LogP contribution in [0.25, 0.3) is 11.3 Å². The fourth-order valence-electron chi connectivity index (χ4n) is 3.58. The Labute approximate surface area is 183 Å². The maximum absolute atomic E-state index is 13.4. The Bertz CT molecular complexity index is 1140. The summed E-state index contributed by atoms with van der Waals surface area (Å²) in [6.07, 6.45) is 6.31. The molecule has 0 aliphatic heterocycles.